The van der Waals surface area contributed by atoms with Crippen LogP contribution in [0.25, 0.3) is 0 Å². The zero-order valence-corrected chi connectivity index (χ0v) is 6.82. The van der Waals surface area contributed by atoms with Gasteiger partial charge in [-0.3, -0.25) is 0 Å². The first-order chi connectivity index (χ1) is 5.40. The van der Waals surface area contributed by atoms with Crippen LogP contribution in [0.3, 0.4) is 0 Å². The molecule has 0 bridgehead atoms. The van der Waals surface area contributed by atoms with Crippen LogP contribution in [-0.2, 0) is 0 Å². The van der Waals surface area contributed by atoms with Crippen LogP contribution in [0.1, 0.15) is 22.9 Å². The van der Waals surface area contributed by atoms with Crippen molar-refractivity contribution in [2.45, 2.75) is 12.5 Å². The summed E-state index contributed by atoms with van der Waals surface area (Å²) in [4.78, 5) is 0.814. The van der Waals surface area contributed by atoms with Gasteiger partial charge in [0.1, 0.15) is 10.9 Å². The SMILES string of the molecule is N#Cc1cc(C2CCN2)cs1. The van der Waals surface area contributed by atoms with Gasteiger partial charge in [-0.25, -0.2) is 0 Å². The first-order valence-electron chi connectivity index (χ1n) is 3.62. The summed E-state index contributed by atoms with van der Waals surface area (Å²) in [5.41, 5.74) is 1.28. The van der Waals surface area contributed by atoms with Crippen molar-refractivity contribution >= 4 is 11.3 Å². The Morgan fingerprint density at radius 2 is 2.55 bits per heavy atom. The topological polar surface area (TPSA) is 35.8 Å². The first-order valence-corrected chi connectivity index (χ1v) is 4.50. The number of nitriles is 1. The van der Waals surface area contributed by atoms with E-state index in [1.807, 2.05) is 6.07 Å². The Kier molecular flexibility index (Phi) is 1.65. The van der Waals surface area contributed by atoms with E-state index >= 15 is 0 Å². The molecule has 2 rings (SSSR count). The maximum atomic E-state index is 8.56. The number of hydrogen-bond acceptors (Lipinski definition) is 3. The molecule has 1 aromatic rings. The molecule has 0 radical (unpaired) electrons. The highest BCUT2D eigenvalue weighted by Gasteiger charge is 2.19. The van der Waals surface area contributed by atoms with Gasteiger partial charge in [-0.05, 0) is 30.0 Å². The molecule has 1 unspecified atom stereocenters. The molecule has 1 aromatic heterocycles. The van der Waals surface area contributed by atoms with E-state index in [0.29, 0.717) is 6.04 Å². The van der Waals surface area contributed by atoms with Crippen molar-refractivity contribution in [3.8, 4) is 6.07 Å². The summed E-state index contributed by atoms with van der Waals surface area (Å²) in [6, 6.07) is 4.64. The van der Waals surface area contributed by atoms with Gasteiger partial charge in [-0.2, -0.15) is 5.26 Å². The van der Waals surface area contributed by atoms with Gasteiger partial charge in [-0.15, -0.1) is 11.3 Å². The summed E-state index contributed by atoms with van der Waals surface area (Å²) in [5.74, 6) is 0. The molecule has 0 aliphatic carbocycles. The van der Waals surface area contributed by atoms with Crippen LogP contribution in [0.4, 0.5) is 0 Å². The Balaban J connectivity index is 2.19. The standard InChI is InChI=1S/C8H8N2S/c9-4-7-3-6(5-11-7)8-1-2-10-8/h3,5,8,10H,1-2H2. The van der Waals surface area contributed by atoms with Crippen molar-refractivity contribution < 1.29 is 0 Å². The van der Waals surface area contributed by atoms with Crippen LogP contribution < -0.4 is 5.32 Å². The van der Waals surface area contributed by atoms with Gasteiger partial charge in [-0.1, -0.05) is 0 Å². The van der Waals surface area contributed by atoms with Crippen LogP contribution in [0.2, 0.25) is 0 Å². The summed E-state index contributed by atoms with van der Waals surface area (Å²) in [6.45, 7) is 1.11. The van der Waals surface area contributed by atoms with Crippen molar-refractivity contribution in [1.82, 2.24) is 5.32 Å². The van der Waals surface area contributed by atoms with Gasteiger partial charge < -0.3 is 5.32 Å². The Bertz CT molecular complexity index is 293. The van der Waals surface area contributed by atoms with E-state index in [1.54, 1.807) is 0 Å². The third-order valence-electron chi connectivity index (χ3n) is 1.96. The molecule has 1 aliphatic heterocycles. The molecule has 0 aromatic carbocycles. The normalized spacial score (nSPS) is 22.3. The summed E-state index contributed by atoms with van der Waals surface area (Å²) in [7, 11) is 0. The first kappa shape index (κ1) is 6.84. The summed E-state index contributed by atoms with van der Waals surface area (Å²) < 4.78 is 0. The Hall–Kier alpha value is -0.850. The fourth-order valence-electron chi connectivity index (χ4n) is 1.17. The van der Waals surface area contributed by atoms with Crippen LogP contribution in [0.5, 0.6) is 0 Å². The van der Waals surface area contributed by atoms with Crippen molar-refractivity contribution in [2.75, 3.05) is 6.54 Å². The number of nitrogens with zero attached hydrogens (tertiary/aromatic N) is 1. The zero-order chi connectivity index (χ0) is 7.68. The summed E-state index contributed by atoms with van der Waals surface area (Å²) >= 11 is 1.53. The lowest BCUT2D eigenvalue weighted by Gasteiger charge is -2.26. The largest absolute Gasteiger partial charge is 0.310 e. The lowest BCUT2D eigenvalue weighted by atomic mass is 10.0. The minimum Gasteiger partial charge on any atom is -0.310 e. The average molecular weight is 164 g/mol. The van der Waals surface area contributed by atoms with E-state index in [4.69, 9.17) is 5.26 Å². The highest BCUT2D eigenvalue weighted by molar-refractivity contribution is 7.10. The van der Waals surface area contributed by atoms with Crippen LogP contribution in [0, 0.1) is 11.3 Å². The van der Waals surface area contributed by atoms with E-state index in [2.05, 4.69) is 16.8 Å². The molecule has 56 valence electrons. The third kappa shape index (κ3) is 1.15. The summed E-state index contributed by atoms with van der Waals surface area (Å²) in [6.07, 6.45) is 1.21. The lowest BCUT2D eigenvalue weighted by Crippen LogP contribution is -2.34. The maximum Gasteiger partial charge on any atom is 0.110 e. The molecule has 1 N–H and O–H groups in total. The second kappa shape index (κ2) is 2.65. The molecule has 0 amide bonds. The predicted octanol–water partition coefficient (Wildman–Crippen LogP) is 1.65. The van der Waals surface area contributed by atoms with Crippen molar-refractivity contribution in [3.63, 3.8) is 0 Å². The number of rotatable bonds is 1. The van der Waals surface area contributed by atoms with Gasteiger partial charge >= 0.3 is 0 Å². The average Bonchev–Trinajstić information content (AvgIpc) is 2.32. The molecule has 0 spiro atoms. The molecule has 1 atom stereocenters. The van der Waals surface area contributed by atoms with Gasteiger partial charge in [0.15, 0.2) is 0 Å². The van der Waals surface area contributed by atoms with Gasteiger partial charge in [0.2, 0.25) is 0 Å². The summed E-state index contributed by atoms with van der Waals surface area (Å²) in [5, 5.41) is 13.9. The molecule has 0 saturated carbocycles. The van der Waals surface area contributed by atoms with Crippen molar-refractivity contribution in [2.24, 2.45) is 0 Å². The molecule has 1 fully saturated rings. The Morgan fingerprint density at radius 3 is 3.00 bits per heavy atom. The lowest BCUT2D eigenvalue weighted by molar-refractivity contribution is 0.384. The van der Waals surface area contributed by atoms with E-state index < -0.39 is 0 Å². The van der Waals surface area contributed by atoms with Crippen LogP contribution in [-0.4, -0.2) is 6.54 Å². The fraction of sp³-hybridized carbons (Fsp3) is 0.375. The van der Waals surface area contributed by atoms with E-state index in [-0.39, 0.29) is 0 Å². The molecule has 11 heavy (non-hydrogen) atoms. The molecule has 1 saturated heterocycles. The number of thiophene rings is 1. The molecule has 2 heterocycles. The molecule has 3 heteroatoms. The van der Waals surface area contributed by atoms with Crippen LogP contribution in [0.15, 0.2) is 11.4 Å². The van der Waals surface area contributed by atoms with Crippen molar-refractivity contribution in [1.29, 1.82) is 5.26 Å². The van der Waals surface area contributed by atoms with Crippen molar-refractivity contribution in [3.05, 3.63) is 21.9 Å². The smallest absolute Gasteiger partial charge is 0.110 e. The van der Waals surface area contributed by atoms with Gasteiger partial charge in [0.05, 0.1) is 0 Å². The quantitative estimate of drug-likeness (QED) is 0.685. The van der Waals surface area contributed by atoms with E-state index in [0.717, 1.165) is 11.4 Å². The second-order valence-corrected chi connectivity index (χ2v) is 3.56. The van der Waals surface area contributed by atoms with Gasteiger partial charge in [0, 0.05) is 6.04 Å². The maximum absolute atomic E-state index is 8.56. The monoisotopic (exact) mass is 164 g/mol. The molecule has 1 aliphatic rings. The molecular weight excluding hydrogens is 156 g/mol. The molecular formula is C8H8N2S. The second-order valence-electron chi connectivity index (χ2n) is 2.65. The van der Waals surface area contributed by atoms with Gasteiger partial charge in [0.25, 0.3) is 0 Å². The van der Waals surface area contributed by atoms with E-state index in [9.17, 15) is 0 Å². The predicted molar refractivity (Wildman–Crippen MR) is 44.4 cm³/mol. The minimum absolute atomic E-state index is 0.522. The van der Waals surface area contributed by atoms with Crippen LogP contribution >= 0.6 is 11.3 Å². The minimum atomic E-state index is 0.522. The highest BCUT2D eigenvalue weighted by atomic mass is 32.1. The van der Waals surface area contributed by atoms with E-state index in [1.165, 1.54) is 23.3 Å². The third-order valence-corrected chi connectivity index (χ3v) is 2.81. The number of hydrogen-bond donors (Lipinski definition) is 1. The highest BCUT2D eigenvalue weighted by Crippen LogP contribution is 2.26. The fourth-order valence-corrected chi connectivity index (χ4v) is 1.92. The molecule has 2 nitrogen and oxygen atoms in total. The number of nitrogens with one attached hydrogen (secondary N) is 1. The Morgan fingerprint density at radius 1 is 1.73 bits per heavy atom. The Labute approximate surface area is 69.5 Å². The zero-order valence-electron chi connectivity index (χ0n) is 6.00.